The van der Waals surface area contributed by atoms with Crippen molar-refractivity contribution in [3.05, 3.63) is 34.9 Å². The molecule has 0 aliphatic heterocycles. The second-order valence-electron chi connectivity index (χ2n) is 2.53. The quantitative estimate of drug-likeness (QED) is 0.723. The van der Waals surface area contributed by atoms with Crippen molar-refractivity contribution in [2.24, 2.45) is 0 Å². The molecule has 1 heteroatoms. The third kappa shape index (κ3) is 5.03. The largest absolute Gasteiger partial charge is 0.392 e. The Morgan fingerprint density at radius 2 is 1.29 bits per heavy atom. The molecule has 0 heterocycles. The zero-order valence-corrected chi connectivity index (χ0v) is 10.4. The standard InChI is InChI=1S/C9H12O.2C2H6/c1-7-4-3-5-8(2)9(7)6-10;2*1-2/h3-5,10H,6H2,1-2H3;2*1-2H3. The predicted octanol–water partition coefficient (Wildman–Crippen LogP) is 3.85. The maximum Gasteiger partial charge on any atom is 0.0686 e. The van der Waals surface area contributed by atoms with E-state index >= 15 is 0 Å². The third-order valence-electron chi connectivity index (χ3n) is 1.80. The van der Waals surface area contributed by atoms with Gasteiger partial charge >= 0.3 is 0 Å². The van der Waals surface area contributed by atoms with Crippen molar-refractivity contribution < 1.29 is 5.11 Å². The van der Waals surface area contributed by atoms with Crippen LogP contribution >= 0.6 is 0 Å². The topological polar surface area (TPSA) is 20.2 Å². The van der Waals surface area contributed by atoms with Gasteiger partial charge in [-0.1, -0.05) is 45.9 Å². The number of hydrogen-bond acceptors (Lipinski definition) is 1. The van der Waals surface area contributed by atoms with Crippen LogP contribution in [0.2, 0.25) is 0 Å². The lowest BCUT2D eigenvalue weighted by atomic mass is 10.0. The predicted molar refractivity (Wildman–Crippen MR) is 64.5 cm³/mol. The summed E-state index contributed by atoms with van der Waals surface area (Å²) < 4.78 is 0. The first-order valence-corrected chi connectivity index (χ1v) is 5.41. The zero-order chi connectivity index (χ0) is 11.6. The second-order valence-corrected chi connectivity index (χ2v) is 2.53. The molecular weight excluding hydrogens is 172 g/mol. The molecule has 0 amide bonds. The summed E-state index contributed by atoms with van der Waals surface area (Å²) in [6.45, 7) is 12.2. The molecule has 0 fully saturated rings. The summed E-state index contributed by atoms with van der Waals surface area (Å²) in [5, 5.41) is 8.90. The molecule has 0 aliphatic carbocycles. The maximum atomic E-state index is 8.90. The van der Waals surface area contributed by atoms with Gasteiger partial charge in [-0.3, -0.25) is 0 Å². The first-order valence-electron chi connectivity index (χ1n) is 5.41. The lowest BCUT2D eigenvalue weighted by Crippen LogP contribution is -1.91. The van der Waals surface area contributed by atoms with E-state index in [0.29, 0.717) is 0 Å². The molecule has 1 aromatic rings. The van der Waals surface area contributed by atoms with Gasteiger partial charge in [0.1, 0.15) is 0 Å². The maximum absolute atomic E-state index is 8.90. The van der Waals surface area contributed by atoms with Crippen LogP contribution in [0.1, 0.15) is 44.4 Å². The molecule has 1 nitrogen and oxygen atoms in total. The van der Waals surface area contributed by atoms with Gasteiger partial charge in [0.05, 0.1) is 6.61 Å². The second kappa shape index (κ2) is 10.3. The fourth-order valence-electron chi connectivity index (χ4n) is 1.10. The Balaban J connectivity index is 0. The molecule has 0 aliphatic rings. The summed E-state index contributed by atoms with van der Waals surface area (Å²) in [5.74, 6) is 0. The Bertz CT molecular complexity index is 208. The van der Waals surface area contributed by atoms with E-state index in [4.69, 9.17) is 5.11 Å². The average molecular weight is 196 g/mol. The Morgan fingerprint density at radius 1 is 0.929 bits per heavy atom. The van der Waals surface area contributed by atoms with Crippen molar-refractivity contribution in [3.63, 3.8) is 0 Å². The molecule has 82 valence electrons. The highest BCUT2D eigenvalue weighted by molar-refractivity contribution is 5.32. The average Bonchev–Trinajstić information content (AvgIpc) is 2.24. The summed E-state index contributed by atoms with van der Waals surface area (Å²) in [6, 6.07) is 6.03. The molecule has 0 unspecified atom stereocenters. The van der Waals surface area contributed by atoms with Crippen molar-refractivity contribution in [1.29, 1.82) is 0 Å². The van der Waals surface area contributed by atoms with Crippen LogP contribution in [0.3, 0.4) is 0 Å². The molecule has 0 atom stereocenters. The highest BCUT2D eigenvalue weighted by Crippen LogP contribution is 2.11. The van der Waals surface area contributed by atoms with E-state index < -0.39 is 0 Å². The van der Waals surface area contributed by atoms with Gasteiger partial charge in [0.15, 0.2) is 0 Å². The number of aliphatic hydroxyl groups excluding tert-OH is 1. The Hall–Kier alpha value is -0.820. The first kappa shape index (κ1) is 15.6. The molecule has 0 spiro atoms. The van der Waals surface area contributed by atoms with E-state index in [2.05, 4.69) is 0 Å². The number of rotatable bonds is 1. The molecule has 0 bridgehead atoms. The van der Waals surface area contributed by atoms with E-state index in [-0.39, 0.29) is 6.61 Å². The van der Waals surface area contributed by atoms with Gasteiger partial charge in [-0.15, -0.1) is 0 Å². The SMILES string of the molecule is CC.CC.Cc1cccc(C)c1CO. The van der Waals surface area contributed by atoms with Crippen LogP contribution in [-0.4, -0.2) is 5.11 Å². The lowest BCUT2D eigenvalue weighted by Gasteiger charge is -2.04. The summed E-state index contributed by atoms with van der Waals surface area (Å²) in [5.41, 5.74) is 3.40. The van der Waals surface area contributed by atoms with Crippen LogP contribution in [0.15, 0.2) is 18.2 Å². The number of aliphatic hydroxyl groups is 1. The van der Waals surface area contributed by atoms with Crippen LogP contribution in [-0.2, 0) is 6.61 Å². The summed E-state index contributed by atoms with van der Waals surface area (Å²) in [4.78, 5) is 0. The van der Waals surface area contributed by atoms with Gasteiger partial charge < -0.3 is 5.11 Å². The van der Waals surface area contributed by atoms with Crippen molar-refractivity contribution in [2.75, 3.05) is 0 Å². The molecule has 1 rings (SSSR count). The van der Waals surface area contributed by atoms with Gasteiger partial charge in [0.25, 0.3) is 0 Å². The van der Waals surface area contributed by atoms with E-state index in [1.807, 2.05) is 59.7 Å². The summed E-state index contributed by atoms with van der Waals surface area (Å²) >= 11 is 0. The lowest BCUT2D eigenvalue weighted by molar-refractivity contribution is 0.280. The number of benzene rings is 1. The van der Waals surface area contributed by atoms with Gasteiger partial charge in [-0.05, 0) is 30.5 Å². The highest BCUT2D eigenvalue weighted by Gasteiger charge is 1.97. The summed E-state index contributed by atoms with van der Waals surface area (Å²) in [7, 11) is 0. The van der Waals surface area contributed by atoms with Crippen LogP contribution in [0.25, 0.3) is 0 Å². The van der Waals surface area contributed by atoms with Crippen LogP contribution in [0, 0.1) is 13.8 Å². The van der Waals surface area contributed by atoms with Crippen molar-refractivity contribution in [1.82, 2.24) is 0 Å². The van der Waals surface area contributed by atoms with Gasteiger partial charge in [0, 0.05) is 0 Å². The van der Waals surface area contributed by atoms with E-state index in [9.17, 15) is 0 Å². The molecular formula is C13H24O. The molecule has 14 heavy (non-hydrogen) atoms. The first-order chi connectivity index (χ1) is 6.75. The minimum absolute atomic E-state index is 0.151. The van der Waals surface area contributed by atoms with Gasteiger partial charge in [-0.2, -0.15) is 0 Å². The number of aryl methyl sites for hydroxylation is 2. The van der Waals surface area contributed by atoms with Crippen molar-refractivity contribution in [2.45, 2.75) is 48.1 Å². The third-order valence-corrected chi connectivity index (χ3v) is 1.80. The van der Waals surface area contributed by atoms with E-state index in [0.717, 1.165) is 5.56 Å². The molecule has 0 saturated heterocycles. The summed E-state index contributed by atoms with van der Waals surface area (Å²) in [6.07, 6.45) is 0. The minimum atomic E-state index is 0.151. The minimum Gasteiger partial charge on any atom is -0.392 e. The van der Waals surface area contributed by atoms with Gasteiger partial charge in [0.2, 0.25) is 0 Å². The Kier molecular flexibility index (Phi) is 11.5. The normalized spacial score (nSPS) is 7.93. The van der Waals surface area contributed by atoms with Crippen LogP contribution in [0.4, 0.5) is 0 Å². The molecule has 0 aromatic heterocycles. The Morgan fingerprint density at radius 3 is 1.50 bits per heavy atom. The molecule has 0 saturated carbocycles. The molecule has 1 N–H and O–H groups in total. The molecule has 1 aromatic carbocycles. The van der Waals surface area contributed by atoms with E-state index in [1.165, 1.54) is 11.1 Å². The monoisotopic (exact) mass is 196 g/mol. The highest BCUT2D eigenvalue weighted by atomic mass is 16.3. The molecule has 0 radical (unpaired) electrons. The van der Waals surface area contributed by atoms with Crippen molar-refractivity contribution in [3.8, 4) is 0 Å². The van der Waals surface area contributed by atoms with E-state index in [1.54, 1.807) is 0 Å². The zero-order valence-electron chi connectivity index (χ0n) is 10.4. The van der Waals surface area contributed by atoms with Crippen LogP contribution in [0.5, 0.6) is 0 Å². The smallest absolute Gasteiger partial charge is 0.0686 e. The fourth-order valence-corrected chi connectivity index (χ4v) is 1.10. The fraction of sp³-hybridized carbons (Fsp3) is 0.538. The van der Waals surface area contributed by atoms with Crippen LogP contribution < -0.4 is 0 Å². The van der Waals surface area contributed by atoms with Gasteiger partial charge in [-0.25, -0.2) is 0 Å². The van der Waals surface area contributed by atoms with Crippen molar-refractivity contribution >= 4 is 0 Å². The number of hydrogen-bond donors (Lipinski definition) is 1. The Labute approximate surface area is 88.8 Å².